The summed E-state index contributed by atoms with van der Waals surface area (Å²) in [6.07, 6.45) is 0. The molecule has 0 heterocycles. The van der Waals surface area contributed by atoms with Crippen LogP contribution in [0.15, 0.2) is 0 Å². The molecule has 0 atom stereocenters. The molecule has 0 amide bonds. The molecule has 0 aromatic heterocycles. The SMILES string of the molecule is C[Si](C)(C)[B-]([Si](C)(C)C)([Si](C)(C)C)[Si](C)(C)C.[Li+]. The van der Waals surface area contributed by atoms with Crippen LogP contribution in [0.5, 0.6) is 0 Å². The van der Waals surface area contributed by atoms with E-state index in [0.717, 1.165) is 0 Å². The van der Waals surface area contributed by atoms with Crippen LogP contribution in [0.3, 0.4) is 0 Å². The van der Waals surface area contributed by atoms with Crippen LogP contribution in [0.25, 0.3) is 0 Å². The van der Waals surface area contributed by atoms with Crippen LogP contribution in [-0.4, -0.2) is 36.3 Å². The zero-order chi connectivity index (χ0) is 14.5. The van der Waals surface area contributed by atoms with Crippen LogP contribution in [0.1, 0.15) is 0 Å². The Morgan fingerprint density at radius 1 is 0.389 bits per heavy atom. The van der Waals surface area contributed by atoms with Crippen molar-refractivity contribution in [3.63, 3.8) is 0 Å². The van der Waals surface area contributed by atoms with Gasteiger partial charge in [0, 0.05) is 4.52 Å². The first kappa shape index (κ1) is 21.8. The first-order chi connectivity index (χ1) is 7.00. The minimum Gasteiger partial charge on any atom is -0.106 e. The maximum atomic E-state index is 2.68. The summed E-state index contributed by atoms with van der Waals surface area (Å²) in [4.78, 5) is 0. The molecule has 0 rings (SSSR count). The number of hydrogen-bond acceptors (Lipinski definition) is 0. The van der Waals surface area contributed by atoms with Crippen molar-refractivity contribution < 1.29 is 18.9 Å². The predicted octanol–water partition coefficient (Wildman–Crippen LogP) is 2.11. The van der Waals surface area contributed by atoms with Crippen molar-refractivity contribution in [1.82, 2.24) is 0 Å². The van der Waals surface area contributed by atoms with Crippen LogP contribution in [-0.2, 0) is 0 Å². The van der Waals surface area contributed by atoms with E-state index in [2.05, 4.69) is 78.6 Å². The molecule has 0 unspecified atom stereocenters. The molecule has 0 nitrogen and oxygen atoms in total. The van der Waals surface area contributed by atoms with Gasteiger partial charge < -0.3 is 0 Å². The average molecular weight is 311 g/mol. The molecule has 0 fully saturated rings. The third-order valence-corrected chi connectivity index (χ3v) is 46.8. The van der Waals surface area contributed by atoms with Crippen molar-refractivity contribution in [3.05, 3.63) is 0 Å². The molecule has 0 aliphatic rings. The Bertz CT molecular complexity index is 217. The van der Waals surface area contributed by atoms with Crippen LogP contribution >= 0.6 is 0 Å². The van der Waals surface area contributed by atoms with Gasteiger partial charge in [-0.05, 0) is 0 Å². The average Bonchev–Trinajstić information content (AvgIpc) is 1.67. The zero-order valence-electron chi connectivity index (χ0n) is 15.6. The smallest absolute Gasteiger partial charge is 0.106 e. The van der Waals surface area contributed by atoms with Gasteiger partial charge in [0.1, 0.15) is 0 Å². The van der Waals surface area contributed by atoms with Crippen LogP contribution in [0, 0.1) is 0 Å². The van der Waals surface area contributed by atoms with Gasteiger partial charge in [0.2, 0.25) is 0 Å². The van der Waals surface area contributed by atoms with E-state index in [1.54, 1.807) is 0 Å². The Balaban J connectivity index is 0. The molecule has 0 saturated heterocycles. The summed E-state index contributed by atoms with van der Waals surface area (Å²) in [5.74, 6) is 0. The molecule has 0 radical (unpaired) electrons. The van der Waals surface area contributed by atoms with E-state index in [0.29, 0.717) is 0 Å². The first-order valence-corrected chi connectivity index (χ1v) is 21.5. The van der Waals surface area contributed by atoms with Crippen molar-refractivity contribution >= 4 is 36.3 Å². The van der Waals surface area contributed by atoms with E-state index in [9.17, 15) is 0 Å². The third-order valence-electron chi connectivity index (χ3n) is 5.20. The Morgan fingerprint density at radius 3 is 0.500 bits per heavy atom. The van der Waals surface area contributed by atoms with E-state index in [1.807, 2.05) is 0 Å². The summed E-state index contributed by atoms with van der Waals surface area (Å²) in [7, 11) is -4.38. The maximum absolute atomic E-state index is 2.68. The Labute approximate surface area is 133 Å². The van der Waals surface area contributed by atoms with Crippen molar-refractivity contribution in [3.8, 4) is 0 Å². The van der Waals surface area contributed by atoms with Gasteiger partial charge in [-0.3, -0.25) is 0 Å². The standard InChI is InChI=1S/C12H36BSi4.Li/c1-14(2,3)13(15(4,5)6,16(7,8)9)17(10,11)12;/h1-12H3;/q-1;+1. The Hall–Kier alpha value is 1.53. The summed E-state index contributed by atoms with van der Waals surface area (Å²) in [6, 6.07) is 0. The van der Waals surface area contributed by atoms with Gasteiger partial charge in [0.05, 0.1) is 0 Å². The second-order valence-corrected chi connectivity index (χ2v) is 36.2. The van der Waals surface area contributed by atoms with Gasteiger partial charge in [-0.15, -0.1) is 31.8 Å². The molecular formula is C12H36BLiSi4. The first-order valence-electron chi connectivity index (χ1n) is 7.15. The van der Waals surface area contributed by atoms with E-state index in [1.165, 1.54) is 0 Å². The van der Waals surface area contributed by atoms with Crippen LogP contribution in [0.4, 0.5) is 0 Å². The van der Waals surface area contributed by atoms with E-state index >= 15 is 0 Å². The second kappa shape index (κ2) is 5.73. The Morgan fingerprint density at radius 2 is 0.500 bits per heavy atom. The van der Waals surface area contributed by atoms with Crippen LogP contribution in [0.2, 0.25) is 78.6 Å². The molecule has 6 heteroatoms. The summed E-state index contributed by atoms with van der Waals surface area (Å²) < 4.78 is -0.0278. The topological polar surface area (TPSA) is 0 Å². The van der Waals surface area contributed by atoms with Gasteiger partial charge in [-0.1, -0.05) is 78.6 Å². The zero-order valence-corrected chi connectivity index (χ0v) is 19.6. The van der Waals surface area contributed by atoms with Gasteiger partial charge in [0.25, 0.3) is 0 Å². The summed E-state index contributed by atoms with van der Waals surface area (Å²) in [5, 5.41) is 0. The fraction of sp³-hybridized carbons (Fsp3) is 1.00. The summed E-state index contributed by atoms with van der Waals surface area (Å²) >= 11 is 0. The monoisotopic (exact) mass is 310 g/mol. The second-order valence-electron chi connectivity index (χ2n) is 10.3. The predicted molar refractivity (Wildman–Crippen MR) is 99.1 cm³/mol. The minimum atomic E-state index is -1.10. The molecule has 0 aromatic carbocycles. The minimum absolute atomic E-state index is 0. The Kier molecular flexibility index (Phi) is 6.94. The molecule has 0 aliphatic carbocycles. The fourth-order valence-electron chi connectivity index (χ4n) is 7.79. The molecule has 0 bridgehead atoms. The number of rotatable bonds is 4. The molecule has 0 N–H and O–H groups in total. The van der Waals surface area contributed by atoms with Crippen molar-refractivity contribution in [2.45, 2.75) is 78.6 Å². The summed E-state index contributed by atoms with van der Waals surface area (Å²) in [6.45, 7) is 32.2. The fourth-order valence-corrected chi connectivity index (χ4v) is 70.1. The molecule has 0 aromatic rings. The van der Waals surface area contributed by atoms with Crippen LogP contribution < -0.4 is 18.9 Å². The molecule has 18 heavy (non-hydrogen) atoms. The van der Waals surface area contributed by atoms with Gasteiger partial charge in [0.15, 0.2) is 0 Å². The quantitative estimate of drug-likeness (QED) is 0.698. The van der Waals surface area contributed by atoms with Crippen molar-refractivity contribution in [2.24, 2.45) is 0 Å². The van der Waals surface area contributed by atoms with E-state index < -0.39 is 31.8 Å². The van der Waals surface area contributed by atoms with Crippen molar-refractivity contribution in [1.29, 1.82) is 0 Å². The number of hydrogen-bond donors (Lipinski definition) is 0. The van der Waals surface area contributed by atoms with Gasteiger partial charge in [-0.2, -0.15) is 0 Å². The maximum Gasteiger partial charge on any atom is 1.00 e. The third kappa shape index (κ3) is 3.40. The van der Waals surface area contributed by atoms with E-state index in [4.69, 9.17) is 0 Å². The molecule has 0 aliphatic heterocycles. The molecular weight excluding hydrogens is 274 g/mol. The summed E-state index contributed by atoms with van der Waals surface area (Å²) in [5.41, 5.74) is 0. The van der Waals surface area contributed by atoms with Gasteiger partial charge in [-0.25, -0.2) is 0 Å². The normalized spacial score (nSPS) is 15.3. The van der Waals surface area contributed by atoms with Crippen molar-refractivity contribution in [2.75, 3.05) is 0 Å². The largest absolute Gasteiger partial charge is 1.00 e. The molecule has 0 saturated carbocycles. The molecule has 104 valence electrons. The van der Waals surface area contributed by atoms with E-state index in [-0.39, 0.29) is 23.4 Å². The van der Waals surface area contributed by atoms with Gasteiger partial charge >= 0.3 is 18.9 Å². The molecule has 0 spiro atoms.